The zero-order chi connectivity index (χ0) is 18.4. The fraction of sp³-hybridized carbons (Fsp3) is 0.227. The van der Waals surface area contributed by atoms with Crippen LogP contribution < -0.4 is 14.8 Å². The molecule has 3 rings (SSSR count). The topological polar surface area (TPSA) is 47.6 Å². The van der Waals surface area contributed by atoms with Gasteiger partial charge in [-0.25, -0.2) is 0 Å². The predicted octanol–water partition coefficient (Wildman–Crippen LogP) is 4.44. The van der Waals surface area contributed by atoms with Crippen LogP contribution in [0.1, 0.15) is 24.2 Å². The Bertz CT molecular complexity index is 884. The number of amides is 1. The van der Waals surface area contributed by atoms with E-state index < -0.39 is 0 Å². The molecule has 0 atom stereocenters. The van der Waals surface area contributed by atoms with E-state index in [0.29, 0.717) is 24.5 Å². The highest BCUT2D eigenvalue weighted by molar-refractivity contribution is 5.96. The molecular formula is C22H23NO3. The minimum absolute atomic E-state index is 0.0126. The van der Waals surface area contributed by atoms with E-state index in [4.69, 9.17) is 9.47 Å². The van der Waals surface area contributed by atoms with Crippen LogP contribution in [0.4, 0.5) is 0 Å². The molecule has 0 fully saturated rings. The average Bonchev–Trinajstić information content (AvgIpc) is 2.65. The van der Waals surface area contributed by atoms with Gasteiger partial charge in [0.05, 0.1) is 18.2 Å². The van der Waals surface area contributed by atoms with Gasteiger partial charge < -0.3 is 14.8 Å². The van der Waals surface area contributed by atoms with Crippen molar-refractivity contribution in [1.82, 2.24) is 5.32 Å². The number of fused-ring (bicyclic) bond motifs is 1. The first kappa shape index (κ1) is 17.8. The summed E-state index contributed by atoms with van der Waals surface area (Å²) in [5, 5.41) is 5.09. The van der Waals surface area contributed by atoms with Gasteiger partial charge in [0.25, 0.3) is 5.91 Å². The second kappa shape index (κ2) is 8.39. The van der Waals surface area contributed by atoms with Crippen molar-refractivity contribution >= 4 is 16.7 Å². The first-order valence-corrected chi connectivity index (χ1v) is 8.79. The molecule has 0 spiro atoms. The van der Waals surface area contributed by atoms with Crippen LogP contribution in [0.15, 0.2) is 66.7 Å². The van der Waals surface area contributed by atoms with Gasteiger partial charge in [-0.15, -0.1) is 0 Å². The largest absolute Gasteiger partial charge is 0.491 e. The highest BCUT2D eigenvalue weighted by atomic mass is 16.5. The summed E-state index contributed by atoms with van der Waals surface area (Å²) >= 11 is 0. The third-order valence-corrected chi connectivity index (χ3v) is 3.89. The Kier molecular flexibility index (Phi) is 5.74. The Labute approximate surface area is 153 Å². The molecule has 134 valence electrons. The zero-order valence-corrected chi connectivity index (χ0v) is 15.1. The van der Waals surface area contributed by atoms with Crippen LogP contribution in [0.2, 0.25) is 0 Å². The van der Waals surface area contributed by atoms with Crippen LogP contribution in [-0.2, 0) is 0 Å². The number of ether oxygens (including phenoxy) is 2. The van der Waals surface area contributed by atoms with E-state index in [0.717, 1.165) is 16.5 Å². The molecule has 0 aromatic heterocycles. The van der Waals surface area contributed by atoms with Crippen molar-refractivity contribution in [2.75, 3.05) is 13.2 Å². The summed E-state index contributed by atoms with van der Waals surface area (Å²) in [5.74, 6) is 1.25. The molecule has 1 amide bonds. The predicted molar refractivity (Wildman–Crippen MR) is 104 cm³/mol. The molecule has 0 radical (unpaired) electrons. The number of hydrogen-bond donors (Lipinski definition) is 1. The fourth-order valence-electron chi connectivity index (χ4n) is 2.75. The lowest BCUT2D eigenvalue weighted by molar-refractivity contribution is 0.0941. The number of nitrogens with one attached hydrogen (secondary N) is 1. The van der Waals surface area contributed by atoms with E-state index in [1.807, 2.05) is 62.4 Å². The van der Waals surface area contributed by atoms with Gasteiger partial charge >= 0.3 is 0 Å². The van der Waals surface area contributed by atoms with Gasteiger partial charge in [0.15, 0.2) is 0 Å². The molecule has 0 unspecified atom stereocenters. The Morgan fingerprint density at radius 3 is 2.46 bits per heavy atom. The van der Waals surface area contributed by atoms with Crippen LogP contribution in [0.3, 0.4) is 0 Å². The molecular weight excluding hydrogens is 326 g/mol. The number of hydrogen-bond acceptors (Lipinski definition) is 3. The second-order valence-corrected chi connectivity index (χ2v) is 6.24. The van der Waals surface area contributed by atoms with E-state index in [-0.39, 0.29) is 12.0 Å². The summed E-state index contributed by atoms with van der Waals surface area (Å²) in [7, 11) is 0. The van der Waals surface area contributed by atoms with Crippen molar-refractivity contribution in [1.29, 1.82) is 0 Å². The lowest BCUT2D eigenvalue weighted by atomic mass is 10.1. The van der Waals surface area contributed by atoms with Crippen LogP contribution >= 0.6 is 0 Å². The van der Waals surface area contributed by atoms with E-state index in [1.165, 1.54) is 0 Å². The maximum atomic E-state index is 12.4. The van der Waals surface area contributed by atoms with E-state index in [2.05, 4.69) is 17.4 Å². The molecule has 4 nitrogen and oxygen atoms in total. The minimum atomic E-state index is -0.164. The van der Waals surface area contributed by atoms with Crippen molar-refractivity contribution in [2.24, 2.45) is 0 Å². The average molecular weight is 349 g/mol. The standard InChI is InChI=1S/C22H23NO3/c1-16(2)26-21-12-6-5-11-19(21)22(24)23-14-15-25-20-13-7-9-17-8-3-4-10-18(17)20/h3-13,16H,14-15H2,1-2H3,(H,23,24). The number of rotatable bonds is 7. The first-order valence-electron chi connectivity index (χ1n) is 8.79. The number of carbonyl (C=O) groups excluding carboxylic acids is 1. The monoisotopic (exact) mass is 349 g/mol. The summed E-state index contributed by atoms with van der Waals surface area (Å²) in [6, 6.07) is 21.3. The number of para-hydroxylation sites is 1. The molecule has 3 aromatic carbocycles. The zero-order valence-electron chi connectivity index (χ0n) is 15.1. The molecule has 0 aliphatic carbocycles. The van der Waals surface area contributed by atoms with Crippen LogP contribution in [0.5, 0.6) is 11.5 Å². The van der Waals surface area contributed by atoms with E-state index in [9.17, 15) is 4.79 Å². The Hall–Kier alpha value is -3.01. The SMILES string of the molecule is CC(C)Oc1ccccc1C(=O)NCCOc1cccc2ccccc12. The third kappa shape index (κ3) is 4.33. The lowest BCUT2D eigenvalue weighted by Gasteiger charge is -2.14. The van der Waals surface area contributed by atoms with Crippen molar-refractivity contribution in [3.8, 4) is 11.5 Å². The summed E-state index contributed by atoms with van der Waals surface area (Å²) < 4.78 is 11.6. The molecule has 26 heavy (non-hydrogen) atoms. The third-order valence-electron chi connectivity index (χ3n) is 3.89. The van der Waals surface area contributed by atoms with Crippen LogP contribution in [0.25, 0.3) is 10.8 Å². The highest BCUT2D eigenvalue weighted by Crippen LogP contribution is 2.25. The molecule has 3 aromatic rings. The molecule has 0 bridgehead atoms. The number of benzene rings is 3. The molecule has 0 aliphatic rings. The van der Waals surface area contributed by atoms with E-state index in [1.54, 1.807) is 6.07 Å². The van der Waals surface area contributed by atoms with Gasteiger partial charge in [0, 0.05) is 5.39 Å². The maximum Gasteiger partial charge on any atom is 0.255 e. The van der Waals surface area contributed by atoms with Gasteiger partial charge in [-0.05, 0) is 37.4 Å². The molecule has 0 aliphatic heterocycles. The Balaban J connectivity index is 1.58. The summed E-state index contributed by atoms with van der Waals surface area (Å²) in [6.45, 7) is 4.68. The van der Waals surface area contributed by atoms with Crippen LogP contribution in [-0.4, -0.2) is 25.2 Å². The molecule has 4 heteroatoms. The minimum Gasteiger partial charge on any atom is -0.491 e. The summed E-state index contributed by atoms with van der Waals surface area (Å²) in [5.41, 5.74) is 0.534. The second-order valence-electron chi connectivity index (χ2n) is 6.24. The molecule has 0 saturated heterocycles. The van der Waals surface area contributed by atoms with Crippen molar-refractivity contribution in [3.05, 3.63) is 72.3 Å². The Morgan fingerprint density at radius 2 is 1.62 bits per heavy atom. The summed E-state index contributed by atoms with van der Waals surface area (Å²) in [4.78, 5) is 12.4. The first-order chi connectivity index (χ1) is 12.6. The van der Waals surface area contributed by atoms with Crippen molar-refractivity contribution in [2.45, 2.75) is 20.0 Å². The molecule has 0 heterocycles. The quantitative estimate of drug-likeness (QED) is 0.642. The Morgan fingerprint density at radius 1 is 0.923 bits per heavy atom. The van der Waals surface area contributed by atoms with Gasteiger partial charge in [0.1, 0.15) is 18.1 Å². The lowest BCUT2D eigenvalue weighted by Crippen LogP contribution is -2.28. The maximum absolute atomic E-state index is 12.4. The fourth-order valence-corrected chi connectivity index (χ4v) is 2.75. The smallest absolute Gasteiger partial charge is 0.255 e. The number of carbonyl (C=O) groups is 1. The van der Waals surface area contributed by atoms with E-state index >= 15 is 0 Å². The van der Waals surface area contributed by atoms with Crippen LogP contribution in [0, 0.1) is 0 Å². The molecule has 0 saturated carbocycles. The highest BCUT2D eigenvalue weighted by Gasteiger charge is 2.12. The van der Waals surface area contributed by atoms with Gasteiger partial charge in [-0.3, -0.25) is 4.79 Å². The van der Waals surface area contributed by atoms with Gasteiger partial charge in [0.2, 0.25) is 0 Å². The summed E-state index contributed by atoms with van der Waals surface area (Å²) in [6.07, 6.45) is 0.0126. The van der Waals surface area contributed by atoms with Gasteiger partial charge in [-0.2, -0.15) is 0 Å². The van der Waals surface area contributed by atoms with Crippen molar-refractivity contribution in [3.63, 3.8) is 0 Å². The molecule has 1 N–H and O–H groups in total. The van der Waals surface area contributed by atoms with Crippen molar-refractivity contribution < 1.29 is 14.3 Å². The van der Waals surface area contributed by atoms with Gasteiger partial charge in [-0.1, -0.05) is 48.5 Å². The normalized spacial score (nSPS) is 10.7.